The first kappa shape index (κ1) is 77.2. The van der Waals surface area contributed by atoms with Crippen LogP contribution in [0.25, 0.3) is 10.9 Å². The number of anilines is 10. The highest BCUT2D eigenvalue weighted by atomic mass is 79.9. The van der Waals surface area contributed by atoms with Crippen LogP contribution in [-0.2, 0) is 12.4 Å². The summed E-state index contributed by atoms with van der Waals surface area (Å²) in [5, 5.41) is 31.1. The number of nitrogens with two attached hydrogens (primary N) is 1. The van der Waals surface area contributed by atoms with Gasteiger partial charge in [-0.25, -0.2) is 19.9 Å². The summed E-state index contributed by atoms with van der Waals surface area (Å²) in [4.78, 5) is 63.4. The van der Waals surface area contributed by atoms with Gasteiger partial charge in [-0.2, -0.15) is 46.3 Å². The lowest BCUT2D eigenvalue weighted by atomic mass is 10.1. The fourth-order valence-electron chi connectivity index (χ4n) is 9.64. The summed E-state index contributed by atoms with van der Waals surface area (Å²) in [5.74, 6) is 2.51. The molecule has 0 spiro atoms. The van der Waals surface area contributed by atoms with E-state index in [1.54, 1.807) is 79.0 Å². The third-order valence-corrected chi connectivity index (χ3v) is 16.1. The van der Waals surface area contributed by atoms with Gasteiger partial charge in [0.1, 0.15) is 45.6 Å². The second-order valence-electron chi connectivity index (χ2n) is 22.6. The number of rotatable bonds is 24. The standard InChI is InChI=1S/C21H21BrN4O6.C20H19BrN4O5.C16H14F3N5.C13H12F3N5/c1-23-19(28)17-13(27)6-5-7-14(17)32-20-12(22)10-24-21(26-20)25-11-8-15(29-2)18(31-4)16(9-11)30-3;1-27-15-8-11(9-16(28-2)17(15)29-3)24-20-23-10-13(21)19(25-20)30-14-7-5-4-6-12(14)18(22)26;17-16(18,19)12-8-21-15(24-14(12)22-10-1-2-10)23-11-3-4-13-9(7-11)5-6-20-13;14-13(15,16)10-7-18-12(20-9-2-1-5-17-6-9)21-11(10)19-8-3-4-8/h5-10,27H,1-4H3,(H,23,28)(H,24,25,26);4-10H,1-3H3,(H2,22,26)(H,23,24,25);3-8,10,20H,1-2H2,(H2,21,22,23,24);1-2,5-8H,3-4H2,(H2,18,19,20,21). The number of alkyl halides is 6. The molecular weight excluding hydrogens is 1540 g/mol. The fraction of sp³-hybridized carbons (Fsp3) is 0.214. The monoisotopic (exact) mass is 1610 g/mol. The molecule has 5 aromatic carbocycles. The first-order valence-electron chi connectivity index (χ1n) is 31.8. The number of phenolic OH excluding ortho intramolecular Hbond substituents is 1. The number of amides is 2. The largest absolute Gasteiger partial charge is 0.507 e. The van der Waals surface area contributed by atoms with E-state index in [1.807, 2.05) is 30.5 Å². The molecule has 0 aliphatic heterocycles. The number of ether oxygens (including phenoxy) is 8. The highest BCUT2D eigenvalue weighted by Crippen LogP contribution is 2.44. The number of benzene rings is 5. The average Bonchev–Trinajstić information content (AvgIpc) is 1.78. The third-order valence-electron chi connectivity index (χ3n) is 15.0. The smallest absolute Gasteiger partial charge is 0.421 e. The number of H-pyrrole nitrogens is 1. The van der Waals surface area contributed by atoms with E-state index in [0.29, 0.717) is 66.2 Å². The summed E-state index contributed by atoms with van der Waals surface area (Å²) >= 11 is 6.69. The molecule has 107 heavy (non-hydrogen) atoms. The number of aromatic hydroxyl groups is 1. The molecule has 6 heterocycles. The van der Waals surface area contributed by atoms with Crippen molar-refractivity contribution in [2.75, 3.05) is 81.6 Å². The van der Waals surface area contributed by atoms with Crippen molar-refractivity contribution in [3.8, 4) is 63.5 Å². The van der Waals surface area contributed by atoms with Gasteiger partial charge in [-0.1, -0.05) is 18.2 Å². The minimum atomic E-state index is -4.49. The number of hydrogen-bond acceptors (Lipinski definition) is 26. The first-order valence-corrected chi connectivity index (χ1v) is 33.4. The number of nitrogens with one attached hydrogen (secondary N) is 8. The van der Waals surface area contributed by atoms with Gasteiger partial charge in [0.2, 0.25) is 47.1 Å². The number of aromatic nitrogens is 10. The van der Waals surface area contributed by atoms with Crippen LogP contribution in [0.5, 0.6) is 63.5 Å². The van der Waals surface area contributed by atoms with Crippen molar-refractivity contribution in [1.29, 1.82) is 0 Å². The Bertz CT molecular complexity index is 4900. The summed E-state index contributed by atoms with van der Waals surface area (Å²) in [6.07, 6.45) is 4.02. The van der Waals surface area contributed by atoms with Crippen LogP contribution in [0.3, 0.4) is 0 Å². The zero-order chi connectivity index (χ0) is 76.5. The number of pyridine rings is 1. The molecule has 2 saturated carbocycles. The quantitative estimate of drug-likeness (QED) is 0.0251. The van der Waals surface area contributed by atoms with Crippen molar-refractivity contribution in [3.05, 3.63) is 178 Å². The molecule has 2 amide bonds. The molecule has 11 N–H and O–H groups in total. The molecule has 2 fully saturated rings. The van der Waals surface area contributed by atoms with Crippen LogP contribution in [0.4, 0.5) is 84.5 Å². The van der Waals surface area contributed by atoms with E-state index in [1.165, 1.54) is 74.4 Å². The molecular formula is C70H66Br2F6N18O11. The number of hydrogen-bond donors (Lipinski definition) is 10. The molecule has 0 unspecified atom stereocenters. The molecule has 37 heteroatoms. The van der Waals surface area contributed by atoms with E-state index >= 15 is 0 Å². The van der Waals surface area contributed by atoms with Gasteiger partial charge in [0.25, 0.3) is 11.8 Å². The average molecular weight is 1610 g/mol. The lowest BCUT2D eigenvalue weighted by Gasteiger charge is -2.15. The van der Waals surface area contributed by atoms with Crippen LogP contribution in [-0.4, -0.2) is 129 Å². The van der Waals surface area contributed by atoms with Crippen molar-refractivity contribution < 1.29 is 78.9 Å². The van der Waals surface area contributed by atoms with Crippen molar-refractivity contribution in [1.82, 2.24) is 55.2 Å². The number of methoxy groups -OCH3 is 6. The van der Waals surface area contributed by atoms with E-state index in [0.717, 1.165) is 49.0 Å². The number of halogens is 8. The number of phenols is 1. The highest BCUT2D eigenvalue weighted by Gasteiger charge is 2.38. The minimum Gasteiger partial charge on any atom is -0.507 e. The zero-order valence-electron chi connectivity index (χ0n) is 57.5. The molecule has 0 saturated heterocycles. The van der Waals surface area contributed by atoms with Crippen LogP contribution >= 0.6 is 31.9 Å². The molecule has 558 valence electrons. The van der Waals surface area contributed by atoms with Crippen molar-refractivity contribution in [3.63, 3.8) is 0 Å². The maximum atomic E-state index is 13.1. The lowest BCUT2D eigenvalue weighted by molar-refractivity contribution is -0.138. The van der Waals surface area contributed by atoms with Gasteiger partial charge in [-0.05, 0) is 118 Å². The summed E-state index contributed by atoms with van der Waals surface area (Å²) in [6.45, 7) is 0. The Morgan fingerprint density at radius 3 is 1.45 bits per heavy atom. The lowest BCUT2D eigenvalue weighted by Crippen LogP contribution is -2.18. The van der Waals surface area contributed by atoms with Gasteiger partial charge in [-0.3, -0.25) is 14.6 Å². The summed E-state index contributed by atoms with van der Waals surface area (Å²) in [5.41, 5.74) is 7.41. The van der Waals surface area contributed by atoms with Crippen molar-refractivity contribution in [2.45, 2.75) is 50.1 Å². The Kier molecular flexibility index (Phi) is 25.2. The number of carbonyl (C=O) groups excluding carboxylic acids is 2. The maximum absolute atomic E-state index is 13.1. The van der Waals surface area contributed by atoms with Crippen LogP contribution in [0.15, 0.2) is 155 Å². The van der Waals surface area contributed by atoms with Gasteiger partial charge in [0, 0.05) is 96.1 Å². The molecule has 13 rings (SSSR count). The summed E-state index contributed by atoms with van der Waals surface area (Å²) in [6, 6.07) is 29.0. The van der Waals surface area contributed by atoms with Crippen LogP contribution in [0.1, 0.15) is 57.5 Å². The van der Waals surface area contributed by atoms with Gasteiger partial charge in [0.05, 0.1) is 81.4 Å². The third kappa shape index (κ3) is 20.5. The van der Waals surface area contributed by atoms with E-state index in [9.17, 15) is 41.0 Å². The Balaban J connectivity index is 0.000000154. The van der Waals surface area contributed by atoms with Gasteiger partial charge in [0.15, 0.2) is 23.0 Å². The van der Waals surface area contributed by atoms with Crippen molar-refractivity contribution in [2.24, 2.45) is 5.73 Å². The van der Waals surface area contributed by atoms with Crippen LogP contribution in [0.2, 0.25) is 0 Å². The predicted molar refractivity (Wildman–Crippen MR) is 391 cm³/mol. The Labute approximate surface area is 622 Å². The normalized spacial score (nSPS) is 12.2. The topological polar surface area (TPSA) is 370 Å². The van der Waals surface area contributed by atoms with E-state index in [4.69, 9.17) is 43.6 Å². The van der Waals surface area contributed by atoms with E-state index < -0.39 is 35.3 Å². The fourth-order valence-corrected chi connectivity index (χ4v) is 10.2. The number of para-hydroxylation sites is 1. The van der Waals surface area contributed by atoms with Gasteiger partial charge < -0.3 is 90.9 Å². The number of fused-ring (bicyclic) bond motifs is 1. The number of aromatic amines is 1. The predicted octanol–water partition coefficient (Wildman–Crippen LogP) is 15.3. The molecule has 6 aromatic heterocycles. The van der Waals surface area contributed by atoms with E-state index in [-0.39, 0.29) is 87.6 Å². The first-order chi connectivity index (χ1) is 51.4. The molecule has 11 aromatic rings. The number of nitrogens with zero attached hydrogens (tertiary/aromatic N) is 9. The molecule has 0 radical (unpaired) electrons. The summed E-state index contributed by atoms with van der Waals surface area (Å²) in [7, 11) is 10.6. The minimum absolute atomic E-state index is 0.0142. The highest BCUT2D eigenvalue weighted by molar-refractivity contribution is 9.11. The Morgan fingerprint density at radius 1 is 0.523 bits per heavy atom. The molecule has 2 aliphatic carbocycles. The second-order valence-corrected chi connectivity index (χ2v) is 24.3. The molecule has 29 nitrogen and oxygen atoms in total. The van der Waals surface area contributed by atoms with E-state index in [2.05, 4.69) is 119 Å². The van der Waals surface area contributed by atoms with Crippen molar-refractivity contribution >= 4 is 113 Å². The maximum Gasteiger partial charge on any atom is 0.421 e. The summed E-state index contributed by atoms with van der Waals surface area (Å²) < 4.78 is 123. The van der Waals surface area contributed by atoms with Crippen LogP contribution in [0, 0.1) is 0 Å². The molecule has 0 atom stereocenters. The SMILES string of the molecule is CNC(=O)c1c(O)cccc1Oc1nc(Nc2cc(OC)c(OC)c(OC)c2)ncc1Br.COc1cc(Nc2ncc(Br)c(Oc3ccccc3C(N)=O)n2)cc(OC)c1OC.FC(F)(F)c1cnc(Nc2ccc3[nH]ccc3c2)nc1NC1CC1.FC(F)(F)c1cnc(Nc2cccnc2)nc1NC1CC1. The zero-order valence-corrected chi connectivity index (χ0v) is 60.7. The van der Waals surface area contributed by atoms with Gasteiger partial charge >= 0.3 is 12.4 Å². The van der Waals surface area contributed by atoms with Gasteiger partial charge in [-0.15, -0.1) is 0 Å². The Hall–Kier alpha value is -12.4. The number of primary amides is 1. The van der Waals surface area contributed by atoms with Crippen LogP contribution < -0.4 is 80.8 Å². The second kappa shape index (κ2) is 34.9. The molecule has 2 aliphatic rings. The Morgan fingerprint density at radius 2 is 0.991 bits per heavy atom. The number of carbonyl (C=O) groups is 2. The molecule has 0 bridgehead atoms.